The van der Waals surface area contributed by atoms with E-state index in [0.717, 1.165) is 0 Å². The number of carboxylic acid groups (broad SMARTS) is 1. The molecule has 0 amide bonds. The first-order valence-electron chi connectivity index (χ1n) is 4.13. The van der Waals surface area contributed by atoms with E-state index in [2.05, 4.69) is 4.98 Å². The Morgan fingerprint density at radius 1 is 1.85 bits per heavy atom. The van der Waals surface area contributed by atoms with Crippen LogP contribution in [-0.4, -0.2) is 27.2 Å². The quantitative estimate of drug-likeness (QED) is 0.690. The second-order valence-electron chi connectivity index (χ2n) is 2.73. The predicted molar refractivity (Wildman–Crippen MR) is 47.3 cm³/mol. The molecule has 0 spiro atoms. The Kier molecular flexibility index (Phi) is 3.02. The van der Waals surface area contributed by atoms with Crippen LogP contribution < -0.4 is 5.73 Å². The summed E-state index contributed by atoms with van der Waals surface area (Å²) in [4.78, 5) is 14.7. The van der Waals surface area contributed by atoms with E-state index in [1.165, 1.54) is 0 Å². The van der Waals surface area contributed by atoms with E-state index in [1.54, 1.807) is 17.1 Å². The van der Waals surface area contributed by atoms with Crippen molar-refractivity contribution in [2.75, 3.05) is 6.54 Å². The Bertz CT molecular complexity index is 295. The van der Waals surface area contributed by atoms with Gasteiger partial charge >= 0.3 is 5.97 Å². The molecule has 72 valence electrons. The molecular weight excluding hydrogens is 170 g/mol. The van der Waals surface area contributed by atoms with Gasteiger partial charge in [-0.3, -0.25) is 4.79 Å². The highest BCUT2D eigenvalue weighted by molar-refractivity contribution is 5.75. The van der Waals surface area contributed by atoms with Crippen molar-refractivity contribution in [2.45, 2.75) is 19.4 Å². The fourth-order valence-electron chi connectivity index (χ4n) is 1.23. The lowest BCUT2D eigenvalue weighted by Crippen LogP contribution is -2.23. The van der Waals surface area contributed by atoms with E-state index in [1.807, 2.05) is 6.92 Å². The Balaban J connectivity index is 2.96. The first-order chi connectivity index (χ1) is 6.20. The molecule has 1 aromatic rings. The van der Waals surface area contributed by atoms with Crippen molar-refractivity contribution in [3.63, 3.8) is 0 Å². The van der Waals surface area contributed by atoms with Crippen LogP contribution >= 0.6 is 0 Å². The molecule has 0 fully saturated rings. The van der Waals surface area contributed by atoms with E-state index in [9.17, 15) is 4.79 Å². The zero-order valence-electron chi connectivity index (χ0n) is 7.47. The van der Waals surface area contributed by atoms with Gasteiger partial charge < -0.3 is 15.4 Å². The van der Waals surface area contributed by atoms with E-state index in [4.69, 9.17) is 10.8 Å². The highest BCUT2D eigenvalue weighted by atomic mass is 16.4. The fraction of sp³-hybridized carbons (Fsp3) is 0.500. The molecule has 13 heavy (non-hydrogen) atoms. The largest absolute Gasteiger partial charge is 0.481 e. The predicted octanol–water partition coefficient (Wildman–Crippen LogP) is 0.0299. The summed E-state index contributed by atoms with van der Waals surface area (Å²) in [5.41, 5.74) is 6.03. The number of carboxylic acids is 1. The fourth-order valence-corrected chi connectivity index (χ4v) is 1.23. The van der Waals surface area contributed by atoms with Crippen LogP contribution in [-0.2, 0) is 11.3 Å². The van der Waals surface area contributed by atoms with Crippen LogP contribution in [0.1, 0.15) is 18.5 Å². The monoisotopic (exact) mass is 183 g/mol. The first-order valence-corrected chi connectivity index (χ1v) is 4.13. The van der Waals surface area contributed by atoms with Crippen molar-refractivity contribution < 1.29 is 9.90 Å². The van der Waals surface area contributed by atoms with Crippen LogP contribution in [0.2, 0.25) is 0 Å². The average Bonchev–Trinajstić information content (AvgIpc) is 2.53. The lowest BCUT2D eigenvalue weighted by atomic mass is 10.1. The maximum absolute atomic E-state index is 10.8. The summed E-state index contributed by atoms with van der Waals surface area (Å²) in [5.74, 6) is -1.56. The van der Waals surface area contributed by atoms with Crippen LogP contribution in [0, 0.1) is 0 Å². The Morgan fingerprint density at radius 2 is 2.54 bits per heavy atom. The zero-order chi connectivity index (χ0) is 9.84. The minimum atomic E-state index is -0.905. The summed E-state index contributed by atoms with van der Waals surface area (Å²) in [6.45, 7) is 2.74. The van der Waals surface area contributed by atoms with Gasteiger partial charge in [-0.2, -0.15) is 0 Å². The summed E-state index contributed by atoms with van der Waals surface area (Å²) in [6, 6.07) is 0. The molecule has 0 aliphatic carbocycles. The summed E-state index contributed by atoms with van der Waals surface area (Å²) >= 11 is 0. The van der Waals surface area contributed by atoms with Gasteiger partial charge in [-0.1, -0.05) is 0 Å². The first kappa shape index (κ1) is 9.73. The summed E-state index contributed by atoms with van der Waals surface area (Å²) < 4.78 is 1.78. The minimum Gasteiger partial charge on any atom is -0.481 e. The smallest absolute Gasteiger partial charge is 0.313 e. The third-order valence-corrected chi connectivity index (χ3v) is 1.98. The number of aryl methyl sites for hydroxylation is 1. The molecule has 1 rings (SSSR count). The third kappa shape index (κ3) is 1.86. The van der Waals surface area contributed by atoms with Gasteiger partial charge in [0.25, 0.3) is 0 Å². The summed E-state index contributed by atoms with van der Waals surface area (Å²) in [5, 5.41) is 8.84. The molecule has 0 saturated heterocycles. The number of aromatic nitrogens is 2. The average molecular weight is 183 g/mol. The second-order valence-corrected chi connectivity index (χ2v) is 2.73. The standard InChI is InChI=1S/C8H13N3O2/c1-2-11-5-10-4-7(11)6(3-9)8(12)13/h4-6H,2-3,9H2,1H3,(H,12,13). The number of carbonyl (C=O) groups is 1. The highest BCUT2D eigenvalue weighted by Crippen LogP contribution is 2.13. The number of nitrogens with two attached hydrogens (primary N) is 1. The van der Waals surface area contributed by atoms with E-state index < -0.39 is 11.9 Å². The molecule has 1 aromatic heterocycles. The molecule has 1 atom stereocenters. The molecule has 0 aliphatic rings. The molecule has 3 N–H and O–H groups in total. The molecule has 0 bridgehead atoms. The van der Waals surface area contributed by atoms with Gasteiger partial charge in [0.1, 0.15) is 5.92 Å². The van der Waals surface area contributed by atoms with E-state index in [-0.39, 0.29) is 6.54 Å². The van der Waals surface area contributed by atoms with Crippen molar-refractivity contribution in [1.29, 1.82) is 0 Å². The zero-order valence-corrected chi connectivity index (χ0v) is 7.47. The molecule has 1 heterocycles. The van der Waals surface area contributed by atoms with Crippen molar-refractivity contribution in [1.82, 2.24) is 9.55 Å². The van der Waals surface area contributed by atoms with E-state index in [0.29, 0.717) is 12.2 Å². The number of nitrogens with zero attached hydrogens (tertiary/aromatic N) is 2. The molecule has 5 heteroatoms. The second kappa shape index (κ2) is 4.04. The van der Waals surface area contributed by atoms with Gasteiger partial charge in [-0.05, 0) is 6.92 Å². The summed E-state index contributed by atoms with van der Waals surface area (Å²) in [7, 11) is 0. The normalized spacial score (nSPS) is 12.8. The van der Waals surface area contributed by atoms with Gasteiger partial charge in [0.15, 0.2) is 0 Å². The van der Waals surface area contributed by atoms with Crippen molar-refractivity contribution in [3.05, 3.63) is 18.2 Å². The number of rotatable bonds is 4. The van der Waals surface area contributed by atoms with Gasteiger partial charge in [0.2, 0.25) is 0 Å². The van der Waals surface area contributed by atoms with Gasteiger partial charge in [0, 0.05) is 19.3 Å². The maximum Gasteiger partial charge on any atom is 0.313 e. The van der Waals surface area contributed by atoms with Gasteiger partial charge in [-0.25, -0.2) is 4.98 Å². The third-order valence-electron chi connectivity index (χ3n) is 1.98. The molecule has 0 radical (unpaired) electrons. The van der Waals surface area contributed by atoms with Crippen LogP contribution in [0.25, 0.3) is 0 Å². The molecule has 1 unspecified atom stereocenters. The minimum absolute atomic E-state index is 0.0982. The van der Waals surface area contributed by atoms with Gasteiger partial charge in [0.05, 0.1) is 12.0 Å². The topological polar surface area (TPSA) is 81.1 Å². The molecule has 0 saturated carbocycles. The van der Waals surface area contributed by atoms with Crippen molar-refractivity contribution in [2.24, 2.45) is 5.73 Å². The van der Waals surface area contributed by atoms with Crippen LogP contribution in [0.3, 0.4) is 0 Å². The molecular formula is C8H13N3O2. The maximum atomic E-state index is 10.8. The van der Waals surface area contributed by atoms with Crippen LogP contribution in [0.5, 0.6) is 0 Å². The van der Waals surface area contributed by atoms with Crippen LogP contribution in [0.4, 0.5) is 0 Å². The Morgan fingerprint density at radius 3 is 3.00 bits per heavy atom. The highest BCUT2D eigenvalue weighted by Gasteiger charge is 2.21. The SMILES string of the molecule is CCn1cncc1C(CN)C(=O)O. The Hall–Kier alpha value is -1.36. The van der Waals surface area contributed by atoms with Crippen molar-refractivity contribution in [3.8, 4) is 0 Å². The number of imidazole rings is 1. The van der Waals surface area contributed by atoms with Crippen LogP contribution in [0.15, 0.2) is 12.5 Å². The molecule has 5 nitrogen and oxygen atoms in total. The lowest BCUT2D eigenvalue weighted by Gasteiger charge is -2.11. The number of aliphatic carboxylic acids is 1. The summed E-state index contributed by atoms with van der Waals surface area (Å²) in [6.07, 6.45) is 3.16. The van der Waals surface area contributed by atoms with Gasteiger partial charge in [-0.15, -0.1) is 0 Å². The molecule has 0 aromatic carbocycles. The molecule has 0 aliphatic heterocycles. The Labute approximate surface area is 76.2 Å². The lowest BCUT2D eigenvalue weighted by molar-refractivity contribution is -0.138. The number of hydrogen-bond acceptors (Lipinski definition) is 3. The van der Waals surface area contributed by atoms with Crippen molar-refractivity contribution >= 4 is 5.97 Å². The van der Waals surface area contributed by atoms with E-state index >= 15 is 0 Å². The number of hydrogen-bond donors (Lipinski definition) is 2.